The van der Waals surface area contributed by atoms with Crippen LogP contribution in [-0.4, -0.2) is 6.04 Å². The molecule has 3 aromatic rings. The highest BCUT2D eigenvalue weighted by molar-refractivity contribution is 5.71. The van der Waals surface area contributed by atoms with Gasteiger partial charge < -0.3 is 4.90 Å². The minimum atomic E-state index is 0.479. The van der Waals surface area contributed by atoms with Gasteiger partial charge in [-0.2, -0.15) is 0 Å². The zero-order valence-electron chi connectivity index (χ0n) is 14.4. The maximum absolute atomic E-state index is 2.52. The summed E-state index contributed by atoms with van der Waals surface area (Å²) in [7, 11) is 0. The smallest absolute Gasteiger partial charge is 0.0446 e. The van der Waals surface area contributed by atoms with Crippen molar-refractivity contribution >= 4 is 11.4 Å². The van der Waals surface area contributed by atoms with Crippen molar-refractivity contribution in [2.24, 2.45) is 0 Å². The highest BCUT2D eigenvalue weighted by Crippen LogP contribution is 2.39. The molecule has 1 heteroatoms. The lowest BCUT2D eigenvalue weighted by atomic mass is 10.0. The van der Waals surface area contributed by atoms with Crippen LogP contribution in [0.1, 0.15) is 22.3 Å². The van der Waals surface area contributed by atoms with Crippen LogP contribution in [0.3, 0.4) is 0 Å². The molecule has 1 aliphatic heterocycles. The van der Waals surface area contributed by atoms with Crippen LogP contribution in [0.4, 0.5) is 11.4 Å². The molecule has 3 aromatic carbocycles. The zero-order valence-corrected chi connectivity index (χ0v) is 14.4. The predicted molar refractivity (Wildman–Crippen MR) is 102 cm³/mol. The summed E-state index contributed by atoms with van der Waals surface area (Å²) in [6.07, 6.45) is 2.18. The summed E-state index contributed by atoms with van der Waals surface area (Å²) >= 11 is 0. The van der Waals surface area contributed by atoms with Gasteiger partial charge in [0.1, 0.15) is 0 Å². The van der Waals surface area contributed by atoms with Gasteiger partial charge in [0.2, 0.25) is 0 Å². The second kappa shape index (κ2) is 6.16. The predicted octanol–water partition coefficient (Wildman–Crippen LogP) is 5.61. The quantitative estimate of drug-likeness (QED) is 0.607. The molecule has 1 aliphatic rings. The van der Waals surface area contributed by atoms with Crippen LogP contribution in [0, 0.1) is 13.8 Å². The van der Waals surface area contributed by atoms with E-state index in [-0.39, 0.29) is 0 Å². The first-order valence-electron chi connectivity index (χ1n) is 8.70. The van der Waals surface area contributed by atoms with Crippen molar-refractivity contribution in [1.82, 2.24) is 0 Å². The third-order valence-corrected chi connectivity index (χ3v) is 4.98. The van der Waals surface area contributed by atoms with Crippen molar-refractivity contribution in [3.05, 3.63) is 95.1 Å². The van der Waals surface area contributed by atoms with E-state index in [1.165, 1.54) is 33.6 Å². The molecule has 0 bridgehead atoms. The second-order valence-corrected chi connectivity index (χ2v) is 6.88. The summed E-state index contributed by atoms with van der Waals surface area (Å²) < 4.78 is 0. The standard InChI is InChI=1S/C23H23N/c1-17-7-11-19(12-8-17)15-22-16-20-5-3-4-6-23(20)24(22)21-13-9-18(2)10-14-21/h3-14,22H,15-16H2,1-2H3. The second-order valence-electron chi connectivity index (χ2n) is 6.88. The van der Waals surface area contributed by atoms with Gasteiger partial charge in [-0.05, 0) is 56.0 Å². The van der Waals surface area contributed by atoms with Crippen LogP contribution >= 0.6 is 0 Å². The SMILES string of the molecule is Cc1ccc(CC2Cc3ccccc3N2c2ccc(C)cc2)cc1. The maximum Gasteiger partial charge on any atom is 0.0446 e. The van der Waals surface area contributed by atoms with Crippen LogP contribution in [0.2, 0.25) is 0 Å². The van der Waals surface area contributed by atoms with Gasteiger partial charge in [-0.25, -0.2) is 0 Å². The Hall–Kier alpha value is -2.54. The Balaban J connectivity index is 1.70. The molecule has 24 heavy (non-hydrogen) atoms. The molecule has 0 N–H and O–H groups in total. The van der Waals surface area contributed by atoms with Gasteiger partial charge in [-0.15, -0.1) is 0 Å². The minimum Gasteiger partial charge on any atom is -0.337 e. The molecule has 0 aliphatic carbocycles. The van der Waals surface area contributed by atoms with Crippen molar-refractivity contribution in [1.29, 1.82) is 0 Å². The Bertz CT molecular complexity index is 831. The van der Waals surface area contributed by atoms with Crippen molar-refractivity contribution < 1.29 is 0 Å². The van der Waals surface area contributed by atoms with Crippen LogP contribution in [0.15, 0.2) is 72.8 Å². The van der Waals surface area contributed by atoms with E-state index in [9.17, 15) is 0 Å². The third kappa shape index (κ3) is 2.82. The number of hydrogen-bond acceptors (Lipinski definition) is 1. The van der Waals surface area contributed by atoms with Gasteiger partial charge in [0.05, 0.1) is 0 Å². The number of fused-ring (bicyclic) bond motifs is 1. The number of benzene rings is 3. The fourth-order valence-corrected chi connectivity index (χ4v) is 3.68. The Kier molecular flexibility index (Phi) is 3.86. The van der Waals surface area contributed by atoms with Gasteiger partial charge in [-0.3, -0.25) is 0 Å². The summed E-state index contributed by atoms with van der Waals surface area (Å²) in [4.78, 5) is 2.52. The van der Waals surface area contributed by atoms with Crippen molar-refractivity contribution in [3.8, 4) is 0 Å². The number of hydrogen-bond donors (Lipinski definition) is 0. The summed E-state index contributed by atoms with van der Waals surface area (Å²) in [5.41, 5.74) is 8.15. The Morgan fingerprint density at radius 2 is 1.42 bits per heavy atom. The molecule has 120 valence electrons. The maximum atomic E-state index is 2.52. The number of para-hydroxylation sites is 1. The van der Waals surface area contributed by atoms with Gasteiger partial charge in [0.25, 0.3) is 0 Å². The van der Waals surface area contributed by atoms with E-state index in [2.05, 4.69) is 91.5 Å². The van der Waals surface area contributed by atoms with Crippen LogP contribution in [0.25, 0.3) is 0 Å². The van der Waals surface area contributed by atoms with Crippen LogP contribution < -0.4 is 4.90 Å². The number of anilines is 2. The molecular formula is C23H23N. The van der Waals surface area contributed by atoms with Gasteiger partial charge in [0, 0.05) is 17.4 Å². The lowest BCUT2D eigenvalue weighted by Gasteiger charge is -2.28. The first-order valence-corrected chi connectivity index (χ1v) is 8.70. The Morgan fingerprint density at radius 1 is 0.792 bits per heavy atom. The molecule has 0 fully saturated rings. The molecule has 0 radical (unpaired) electrons. The van der Waals surface area contributed by atoms with Crippen molar-refractivity contribution in [2.45, 2.75) is 32.7 Å². The highest BCUT2D eigenvalue weighted by Gasteiger charge is 2.30. The summed E-state index contributed by atoms with van der Waals surface area (Å²) in [6, 6.07) is 27.2. The lowest BCUT2D eigenvalue weighted by Crippen LogP contribution is -2.29. The molecule has 1 unspecified atom stereocenters. The van der Waals surface area contributed by atoms with E-state index >= 15 is 0 Å². The van der Waals surface area contributed by atoms with E-state index in [1.54, 1.807) is 0 Å². The summed E-state index contributed by atoms with van der Waals surface area (Å²) in [6.45, 7) is 4.29. The average Bonchev–Trinajstić information content (AvgIpc) is 2.96. The molecule has 1 atom stereocenters. The third-order valence-electron chi connectivity index (χ3n) is 4.98. The van der Waals surface area contributed by atoms with Crippen LogP contribution in [0.5, 0.6) is 0 Å². The monoisotopic (exact) mass is 313 g/mol. The minimum absolute atomic E-state index is 0.479. The highest BCUT2D eigenvalue weighted by atomic mass is 15.2. The fourth-order valence-electron chi connectivity index (χ4n) is 3.68. The van der Waals surface area contributed by atoms with E-state index in [1.807, 2.05) is 0 Å². The molecule has 4 rings (SSSR count). The van der Waals surface area contributed by atoms with E-state index in [0.717, 1.165) is 12.8 Å². The van der Waals surface area contributed by atoms with Crippen molar-refractivity contribution in [2.75, 3.05) is 4.90 Å². The van der Waals surface area contributed by atoms with Gasteiger partial charge in [-0.1, -0.05) is 65.7 Å². The van der Waals surface area contributed by atoms with Crippen molar-refractivity contribution in [3.63, 3.8) is 0 Å². The molecule has 1 nitrogen and oxygen atoms in total. The number of nitrogens with zero attached hydrogens (tertiary/aromatic N) is 1. The molecule has 0 saturated carbocycles. The normalized spacial score (nSPS) is 16.2. The largest absolute Gasteiger partial charge is 0.337 e. The Labute approximate surface area is 144 Å². The van der Waals surface area contributed by atoms with Gasteiger partial charge >= 0.3 is 0 Å². The zero-order chi connectivity index (χ0) is 16.5. The van der Waals surface area contributed by atoms with Gasteiger partial charge in [0.15, 0.2) is 0 Å². The molecule has 1 heterocycles. The first-order chi connectivity index (χ1) is 11.7. The Morgan fingerprint density at radius 3 is 2.12 bits per heavy atom. The lowest BCUT2D eigenvalue weighted by molar-refractivity contribution is 0.682. The van der Waals surface area contributed by atoms with E-state index in [0.29, 0.717) is 6.04 Å². The average molecular weight is 313 g/mol. The summed E-state index contributed by atoms with van der Waals surface area (Å²) in [5, 5.41) is 0. The number of aryl methyl sites for hydroxylation is 2. The fraction of sp³-hybridized carbons (Fsp3) is 0.217. The van der Waals surface area contributed by atoms with E-state index in [4.69, 9.17) is 0 Å². The summed E-state index contributed by atoms with van der Waals surface area (Å²) in [5.74, 6) is 0. The molecule has 0 amide bonds. The number of rotatable bonds is 3. The topological polar surface area (TPSA) is 3.24 Å². The first kappa shape index (κ1) is 15.0. The molecule has 0 aromatic heterocycles. The van der Waals surface area contributed by atoms with Crippen LogP contribution in [-0.2, 0) is 12.8 Å². The molecule has 0 saturated heterocycles. The molecular weight excluding hydrogens is 290 g/mol. The molecule has 0 spiro atoms. The van der Waals surface area contributed by atoms with E-state index < -0.39 is 0 Å².